The maximum atomic E-state index is 15.1. The number of rotatable bonds is 52. The number of hydrogen-bond donors (Lipinski definition) is 12. The number of carbonyl (C=O) groups excluding carboxylic acids is 8. The van der Waals surface area contributed by atoms with Gasteiger partial charge in [0.25, 0.3) is 0 Å². The quantitative estimate of drug-likeness (QED) is 0.0124. The summed E-state index contributed by atoms with van der Waals surface area (Å²) in [5.41, 5.74) is 7.15. The summed E-state index contributed by atoms with van der Waals surface area (Å²) in [5, 5.41) is 36.2. The van der Waals surface area contributed by atoms with E-state index in [0.717, 1.165) is 128 Å². The van der Waals surface area contributed by atoms with E-state index < -0.39 is 70.9 Å². The highest BCUT2D eigenvalue weighted by Crippen LogP contribution is 2.45. The molecule has 8 bridgehead atoms. The van der Waals surface area contributed by atoms with Gasteiger partial charge in [0.1, 0.15) is 45.4 Å². The van der Waals surface area contributed by atoms with E-state index in [4.69, 9.17) is 37.9 Å². The zero-order valence-electron chi connectivity index (χ0n) is 88.7. The molecule has 0 heterocycles. The predicted molar refractivity (Wildman–Crippen MR) is 585 cm³/mol. The monoisotopic (exact) mass is 1980 g/mol. The van der Waals surface area contributed by atoms with Crippen molar-refractivity contribution < 1.29 is 76.3 Å². The average Bonchev–Trinajstić information content (AvgIpc) is 0.767. The summed E-state index contributed by atoms with van der Waals surface area (Å²) in [5.74, 6) is 2.11. The number of hydrogen-bond acceptors (Lipinski definition) is 16. The predicted octanol–water partition coefficient (Wildman–Crippen LogP) is 32.4. The minimum atomic E-state index is -0.745. The second-order valence-corrected chi connectivity index (χ2v) is 41.6. The third-order valence-corrected chi connectivity index (χ3v) is 23.7. The first-order valence-electron chi connectivity index (χ1n) is 52.8. The first-order valence-corrected chi connectivity index (χ1v) is 52.8. The summed E-state index contributed by atoms with van der Waals surface area (Å²) in [4.78, 5) is 112. The molecule has 144 heavy (non-hydrogen) atoms. The van der Waals surface area contributed by atoms with E-state index in [2.05, 4.69) is 91.5 Å². The molecule has 0 radical (unpaired) electrons. The molecule has 0 atom stereocenters. The fraction of sp³-hybridized carbons (Fsp3) is 0.517. The zero-order chi connectivity index (χ0) is 104. The van der Waals surface area contributed by atoms with Crippen LogP contribution in [0, 0.1) is 0 Å². The summed E-state index contributed by atoms with van der Waals surface area (Å²) in [6.45, 7) is 31.5. The molecule has 0 fully saturated rings. The van der Waals surface area contributed by atoms with E-state index in [1.807, 2.05) is 48.5 Å². The number of benzene rings is 8. The number of amides is 12. The number of urea groups is 4. The van der Waals surface area contributed by atoms with Crippen LogP contribution in [0.3, 0.4) is 0 Å². The summed E-state index contributed by atoms with van der Waals surface area (Å²) >= 11 is 0. The molecule has 784 valence electrons. The van der Waals surface area contributed by atoms with Crippen molar-refractivity contribution in [1.82, 2.24) is 0 Å². The lowest BCUT2D eigenvalue weighted by Gasteiger charge is -2.25. The first-order chi connectivity index (χ1) is 68.9. The number of ether oxygens (including phenoxy) is 8. The second-order valence-electron chi connectivity index (χ2n) is 41.6. The van der Waals surface area contributed by atoms with Crippen molar-refractivity contribution in [3.8, 4) is 23.0 Å². The minimum absolute atomic E-state index is 0.0751. The molecule has 28 nitrogen and oxygen atoms in total. The van der Waals surface area contributed by atoms with Crippen LogP contribution >= 0.6 is 0 Å². The minimum Gasteiger partial charge on any atom is -0.493 e. The first kappa shape index (κ1) is 115. The van der Waals surface area contributed by atoms with Crippen LogP contribution in [0.5, 0.6) is 23.0 Å². The standard InChI is InChI=1S/C116H164N12O16/c1-17-21-25-29-33-37-41-45-65-137-101-81-69-83-75-98(122-106(130)118-90-51-59-94(60-52-90)126-110(134)142-114(8,9)10)77-85(102(83)138-66-46-42-38-34-30-26-22-18-2)71-87-79-100(124-108(132)120-92-55-63-96(64-56-92)128-112(136)144-116(14,15)16)80-88(104(87)140-68-48-44-40-36-32-28-24-20-4)72-86-78-99(123-107(131)119-91-53-61-95(62-54-91)127-111(135)143-115(11,12)13)76-84(103(86)139-67-47-43-39-35-31-27-23-19-3)70-82(101)74-97(73-81)121-105(129)117-89-49-57-93(58-50-89)125-109(133)141-113(5,6)7/h49-64,73-80H,17-48,65-72H2,1-16H3,(H,125,133)(H,126,134)(H,127,135)(H,128,136)(H2,117,121,129)(H2,118,122,130)(H2,119,123,131)(H2,120,124,132). The maximum Gasteiger partial charge on any atom is 0.412 e. The van der Waals surface area contributed by atoms with Gasteiger partial charge in [0, 0.05) is 138 Å². The molecule has 0 aliphatic heterocycles. The van der Waals surface area contributed by atoms with Gasteiger partial charge in [-0.1, -0.05) is 207 Å². The highest BCUT2D eigenvalue weighted by atomic mass is 16.6. The van der Waals surface area contributed by atoms with Crippen LogP contribution in [0.15, 0.2) is 146 Å². The average molecular weight is 1980 g/mol. The Kier molecular flexibility index (Phi) is 47.3. The molecule has 0 saturated heterocycles. The molecule has 8 aromatic carbocycles. The van der Waals surface area contributed by atoms with Crippen molar-refractivity contribution >= 4 is 117 Å². The Morgan fingerprint density at radius 2 is 0.326 bits per heavy atom. The Hall–Kier alpha value is -12.9. The van der Waals surface area contributed by atoms with Crippen LogP contribution in [-0.4, -0.2) is 97.3 Å². The molecule has 0 unspecified atom stereocenters. The summed E-state index contributed by atoms with van der Waals surface area (Å²) in [6.07, 6.45) is 31.1. The van der Waals surface area contributed by atoms with Gasteiger partial charge in [-0.3, -0.25) is 21.3 Å². The van der Waals surface area contributed by atoms with E-state index in [0.29, 0.717) is 188 Å². The van der Waals surface area contributed by atoms with Gasteiger partial charge in [-0.2, -0.15) is 0 Å². The van der Waals surface area contributed by atoms with Gasteiger partial charge in [-0.15, -0.1) is 0 Å². The molecule has 0 spiro atoms. The molecule has 28 heteroatoms. The van der Waals surface area contributed by atoms with Gasteiger partial charge in [0.05, 0.1) is 26.4 Å². The Balaban J connectivity index is 1.32. The van der Waals surface area contributed by atoms with E-state index in [1.54, 1.807) is 180 Å². The van der Waals surface area contributed by atoms with E-state index >= 15 is 19.2 Å². The molecule has 12 N–H and O–H groups in total. The fourth-order valence-electron chi connectivity index (χ4n) is 17.0. The molecule has 1 aliphatic carbocycles. The number of carbonyl (C=O) groups is 8. The molecule has 12 amide bonds. The van der Waals surface area contributed by atoms with Crippen molar-refractivity contribution in [3.05, 3.63) is 190 Å². The molecule has 0 saturated carbocycles. The van der Waals surface area contributed by atoms with Crippen LogP contribution in [-0.2, 0) is 44.6 Å². The Labute approximate surface area is 855 Å². The topological polar surface area (TPSA) is 355 Å². The molecule has 1 aliphatic rings. The second kappa shape index (κ2) is 59.4. The molecule has 8 aromatic rings. The van der Waals surface area contributed by atoms with Crippen LogP contribution in [0.25, 0.3) is 0 Å². The highest BCUT2D eigenvalue weighted by molar-refractivity contribution is 6.03. The number of unbranched alkanes of at least 4 members (excludes halogenated alkanes) is 28. The fourth-order valence-corrected chi connectivity index (χ4v) is 17.0. The van der Waals surface area contributed by atoms with Gasteiger partial charge in [0.15, 0.2) is 0 Å². The maximum absolute atomic E-state index is 15.1. The van der Waals surface area contributed by atoms with Crippen LogP contribution in [0.2, 0.25) is 0 Å². The van der Waals surface area contributed by atoms with Crippen LogP contribution in [0.4, 0.5) is 107 Å². The summed E-state index contributed by atoms with van der Waals surface area (Å²) in [6, 6.07) is 39.8. The van der Waals surface area contributed by atoms with E-state index in [1.165, 1.54) is 51.4 Å². The number of nitrogens with one attached hydrogen (secondary N) is 12. The van der Waals surface area contributed by atoms with Crippen molar-refractivity contribution in [1.29, 1.82) is 0 Å². The van der Waals surface area contributed by atoms with Gasteiger partial charge < -0.3 is 80.4 Å². The Morgan fingerprint density at radius 3 is 0.472 bits per heavy atom. The number of fused-ring (bicyclic) bond motifs is 8. The summed E-state index contributed by atoms with van der Waals surface area (Å²) in [7, 11) is 0. The lowest BCUT2D eigenvalue weighted by Crippen LogP contribution is -2.27. The number of anilines is 12. The SMILES string of the molecule is CCCCCCCCCCOc1c2cc(NC(=O)Nc3ccc(NC(=O)OC(C)(C)C)cc3)cc1Cc1cc(NC(=O)Nc3ccc(NC(=O)OC(C)(C)C)cc3)cc(c1OCCCCCCCCCC)Cc1cc(NC(=O)Nc3ccc(NC(=O)OC(C)(C)C)cc3)cc(c1OCCCCCCCCCC)Cc1cc(NC(=O)Nc3ccc(NC(=O)OC(C)(C)C)cc3)cc(c1OCCCCCCCCCC)C2. The molecule has 0 aromatic heterocycles. The van der Waals surface area contributed by atoms with Crippen LogP contribution < -0.4 is 82.7 Å². The van der Waals surface area contributed by atoms with Crippen LogP contribution in [0.1, 0.15) is 361 Å². The lowest BCUT2D eigenvalue weighted by atomic mass is 9.90. The van der Waals surface area contributed by atoms with Crippen molar-refractivity contribution in [2.24, 2.45) is 0 Å². The normalized spacial score (nSPS) is 11.9. The van der Waals surface area contributed by atoms with E-state index in [-0.39, 0.29) is 25.7 Å². The van der Waals surface area contributed by atoms with E-state index in [9.17, 15) is 19.2 Å². The smallest absolute Gasteiger partial charge is 0.412 e. The third kappa shape index (κ3) is 44.1. The van der Waals surface area contributed by atoms with Gasteiger partial charge in [-0.05, 0) is 254 Å². The molecular formula is C116H164N12O16. The van der Waals surface area contributed by atoms with Crippen molar-refractivity contribution in [3.63, 3.8) is 0 Å². The lowest BCUT2D eigenvalue weighted by molar-refractivity contribution is 0.0624. The zero-order valence-corrected chi connectivity index (χ0v) is 88.7. The van der Waals surface area contributed by atoms with Gasteiger partial charge in [0.2, 0.25) is 0 Å². The summed E-state index contributed by atoms with van der Waals surface area (Å²) < 4.78 is 52.0. The highest BCUT2D eigenvalue weighted by Gasteiger charge is 2.29. The molecular weight excluding hydrogens is 1820 g/mol. The largest absolute Gasteiger partial charge is 0.493 e. The van der Waals surface area contributed by atoms with Gasteiger partial charge >= 0.3 is 48.5 Å². The van der Waals surface area contributed by atoms with Crippen molar-refractivity contribution in [2.75, 3.05) is 90.2 Å². The van der Waals surface area contributed by atoms with Crippen molar-refractivity contribution in [2.45, 2.75) is 364 Å². The Morgan fingerprint density at radius 1 is 0.194 bits per heavy atom. The Bertz CT molecular complexity index is 4620. The molecule has 9 rings (SSSR count). The third-order valence-electron chi connectivity index (χ3n) is 23.7. The van der Waals surface area contributed by atoms with Gasteiger partial charge in [-0.25, -0.2) is 38.4 Å².